The summed E-state index contributed by atoms with van der Waals surface area (Å²) in [7, 11) is 1.76. The number of methoxy groups -OCH3 is 1. The molecule has 0 aromatic heterocycles. The highest BCUT2D eigenvalue weighted by Crippen LogP contribution is 2.19. The van der Waals surface area contributed by atoms with Gasteiger partial charge in [0.15, 0.2) is 0 Å². The van der Waals surface area contributed by atoms with Gasteiger partial charge in [0.1, 0.15) is 0 Å². The largest absolute Gasteiger partial charge is 0.385 e. The Morgan fingerprint density at radius 3 is 2.00 bits per heavy atom. The molecular weight excluding hydrogens is 174 g/mol. The molecule has 14 heavy (non-hydrogen) atoms. The molecule has 86 valence electrons. The minimum Gasteiger partial charge on any atom is -0.385 e. The van der Waals surface area contributed by atoms with E-state index in [4.69, 9.17) is 4.74 Å². The lowest BCUT2D eigenvalue weighted by Crippen LogP contribution is -2.35. The van der Waals surface area contributed by atoms with E-state index in [2.05, 4.69) is 39.9 Å². The van der Waals surface area contributed by atoms with Crippen molar-refractivity contribution in [2.45, 2.75) is 41.0 Å². The zero-order valence-corrected chi connectivity index (χ0v) is 10.7. The van der Waals surface area contributed by atoms with E-state index in [1.807, 2.05) is 0 Å². The Bertz CT molecular complexity index is 147. The number of nitrogens with one attached hydrogen (secondary N) is 1. The Hall–Kier alpha value is -0.0800. The van der Waals surface area contributed by atoms with Crippen LogP contribution in [0.15, 0.2) is 0 Å². The van der Waals surface area contributed by atoms with Crippen LogP contribution in [0.4, 0.5) is 0 Å². The first-order valence-electron chi connectivity index (χ1n) is 5.46. The van der Waals surface area contributed by atoms with Crippen molar-refractivity contribution >= 4 is 0 Å². The monoisotopic (exact) mass is 201 g/mol. The number of ether oxygens (including phenoxy) is 1. The van der Waals surface area contributed by atoms with Gasteiger partial charge in [0.2, 0.25) is 0 Å². The Labute approximate surface area is 89.4 Å². The van der Waals surface area contributed by atoms with Gasteiger partial charge in [-0.05, 0) is 17.3 Å². The fraction of sp³-hybridized carbons (Fsp3) is 1.00. The summed E-state index contributed by atoms with van der Waals surface area (Å²) in [5, 5.41) is 3.52. The average molecular weight is 201 g/mol. The molecule has 0 saturated heterocycles. The molecule has 0 fully saturated rings. The summed E-state index contributed by atoms with van der Waals surface area (Å²) >= 11 is 0. The molecule has 0 bridgehead atoms. The van der Waals surface area contributed by atoms with E-state index in [1.54, 1.807) is 7.11 Å². The van der Waals surface area contributed by atoms with E-state index in [1.165, 1.54) is 0 Å². The van der Waals surface area contributed by atoms with Crippen LogP contribution >= 0.6 is 0 Å². The van der Waals surface area contributed by atoms with Crippen molar-refractivity contribution < 1.29 is 4.74 Å². The molecule has 0 amide bonds. The lowest BCUT2D eigenvalue weighted by Gasteiger charge is -2.27. The van der Waals surface area contributed by atoms with Crippen LogP contribution in [0.3, 0.4) is 0 Å². The SMILES string of the molecule is COCCC(C)(C)CNCC(C)(C)C. The quantitative estimate of drug-likeness (QED) is 0.713. The molecule has 1 N–H and O–H groups in total. The summed E-state index contributed by atoms with van der Waals surface area (Å²) in [4.78, 5) is 0. The summed E-state index contributed by atoms with van der Waals surface area (Å²) in [5.41, 5.74) is 0.707. The molecule has 0 aromatic carbocycles. The van der Waals surface area contributed by atoms with Crippen LogP contribution in [0, 0.1) is 10.8 Å². The fourth-order valence-corrected chi connectivity index (χ4v) is 1.24. The topological polar surface area (TPSA) is 21.3 Å². The Balaban J connectivity index is 3.65. The van der Waals surface area contributed by atoms with Gasteiger partial charge in [0, 0.05) is 26.8 Å². The summed E-state index contributed by atoms with van der Waals surface area (Å²) < 4.78 is 5.10. The van der Waals surface area contributed by atoms with Crippen LogP contribution in [-0.4, -0.2) is 26.8 Å². The maximum absolute atomic E-state index is 5.10. The Morgan fingerprint density at radius 1 is 1.00 bits per heavy atom. The van der Waals surface area contributed by atoms with E-state index in [9.17, 15) is 0 Å². The number of hydrogen-bond acceptors (Lipinski definition) is 2. The van der Waals surface area contributed by atoms with Crippen molar-refractivity contribution in [2.24, 2.45) is 10.8 Å². The molecule has 0 spiro atoms. The van der Waals surface area contributed by atoms with Gasteiger partial charge < -0.3 is 10.1 Å². The van der Waals surface area contributed by atoms with Gasteiger partial charge in [0.05, 0.1) is 0 Å². The molecule has 0 atom stereocenters. The van der Waals surface area contributed by atoms with Crippen molar-refractivity contribution in [3.05, 3.63) is 0 Å². The average Bonchev–Trinajstić information content (AvgIpc) is 1.98. The molecule has 0 heterocycles. The lowest BCUT2D eigenvalue weighted by molar-refractivity contribution is 0.149. The first kappa shape index (κ1) is 13.9. The van der Waals surface area contributed by atoms with Gasteiger partial charge in [-0.2, -0.15) is 0 Å². The third-order valence-electron chi connectivity index (χ3n) is 2.24. The first-order chi connectivity index (χ1) is 6.27. The third kappa shape index (κ3) is 8.52. The van der Waals surface area contributed by atoms with Crippen LogP contribution in [0.1, 0.15) is 41.0 Å². The molecule has 0 aromatic rings. The summed E-state index contributed by atoms with van der Waals surface area (Å²) in [5.74, 6) is 0. The molecule has 2 nitrogen and oxygen atoms in total. The van der Waals surface area contributed by atoms with Crippen molar-refractivity contribution in [1.82, 2.24) is 5.32 Å². The van der Waals surface area contributed by atoms with Gasteiger partial charge in [-0.15, -0.1) is 0 Å². The van der Waals surface area contributed by atoms with Crippen molar-refractivity contribution in [3.63, 3.8) is 0 Å². The normalized spacial score (nSPS) is 13.3. The fourth-order valence-electron chi connectivity index (χ4n) is 1.24. The first-order valence-corrected chi connectivity index (χ1v) is 5.46. The zero-order chi connectivity index (χ0) is 11.2. The molecule has 0 aliphatic heterocycles. The molecule has 0 radical (unpaired) electrons. The number of rotatable bonds is 6. The molecule has 0 rings (SSSR count). The summed E-state index contributed by atoms with van der Waals surface area (Å²) in [6.07, 6.45) is 1.11. The van der Waals surface area contributed by atoms with E-state index in [0.29, 0.717) is 10.8 Å². The highest BCUT2D eigenvalue weighted by Gasteiger charge is 2.18. The van der Waals surface area contributed by atoms with Crippen molar-refractivity contribution in [3.8, 4) is 0 Å². The van der Waals surface area contributed by atoms with Gasteiger partial charge in [-0.25, -0.2) is 0 Å². The van der Waals surface area contributed by atoms with Gasteiger partial charge >= 0.3 is 0 Å². The second-order valence-corrected chi connectivity index (χ2v) is 6.07. The molecule has 2 heteroatoms. The number of hydrogen-bond donors (Lipinski definition) is 1. The van der Waals surface area contributed by atoms with E-state index >= 15 is 0 Å². The van der Waals surface area contributed by atoms with Crippen LogP contribution in [0.5, 0.6) is 0 Å². The lowest BCUT2D eigenvalue weighted by atomic mass is 9.89. The molecule has 0 aliphatic carbocycles. The maximum atomic E-state index is 5.10. The minimum absolute atomic E-state index is 0.335. The Kier molecular flexibility index (Phi) is 5.68. The predicted octanol–water partition coefficient (Wildman–Crippen LogP) is 2.68. The highest BCUT2D eigenvalue weighted by molar-refractivity contribution is 4.73. The van der Waals surface area contributed by atoms with E-state index < -0.39 is 0 Å². The van der Waals surface area contributed by atoms with Gasteiger partial charge in [0.25, 0.3) is 0 Å². The van der Waals surface area contributed by atoms with Crippen molar-refractivity contribution in [1.29, 1.82) is 0 Å². The van der Waals surface area contributed by atoms with E-state index in [-0.39, 0.29) is 0 Å². The predicted molar refractivity (Wildman–Crippen MR) is 62.6 cm³/mol. The van der Waals surface area contributed by atoms with Crippen molar-refractivity contribution in [2.75, 3.05) is 26.8 Å². The van der Waals surface area contributed by atoms with Crippen LogP contribution in [0.25, 0.3) is 0 Å². The smallest absolute Gasteiger partial charge is 0.0467 e. The standard InChI is InChI=1S/C12H27NO/c1-11(2,3)9-13-10-12(4,5)7-8-14-6/h13H,7-10H2,1-6H3. The molecule has 0 unspecified atom stereocenters. The summed E-state index contributed by atoms with van der Waals surface area (Å²) in [6, 6.07) is 0. The molecule has 0 aliphatic rings. The minimum atomic E-state index is 0.335. The van der Waals surface area contributed by atoms with Crippen LogP contribution in [0.2, 0.25) is 0 Å². The maximum Gasteiger partial charge on any atom is 0.0467 e. The van der Waals surface area contributed by atoms with Crippen LogP contribution in [-0.2, 0) is 4.74 Å². The van der Waals surface area contributed by atoms with Crippen LogP contribution < -0.4 is 5.32 Å². The molecule has 0 saturated carbocycles. The Morgan fingerprint density at radius 2 is 1.57 bits per heavy atom. The second kappa shape index (κ2) is 5.72. The zero-order valence-electron chi connectivity index (χ0n) is 10.7. The highest BCUT2D eigenvalue weighted by atomic mass is 16.5. The van der Waals surface area contributed by atoms with Gasteiger partial charge in [-0.3, -0.25) is 0 Å². The third-order valence-corrected chi connectivity index (χ3v) is 2.24. The van der Waals surface area contributed by atoms with Gasteiger partial charge in [-0.1, -0.05) is 34.6 Å². The summed E-state index contributed by atoms with van der Waals surface area (Å²) in [6.45, 7) is 14.3. The molecular formula is C12H27NO. The second-order valence-electron chi connectivity index (χ2n) is 6.07. The van der Waals surface area contributed by atoms with E-state index in [0.717, 1.165) is 26.1 Å².